The third-order valence-electron chi connectivity index (χ3n) is 4.36. The molecule has 0 amide bonds. The predicted molar refractivity (Wildman–Crippen MR) is 108 cm³/mol. The normalized spacial score (nSPS) is 12.0. The van der Waals surface area contributed by atoms with E-state index in [9.17, 15) is 9.50 Å². The molecule has 3 N–H and O–H groups in total. The van der Waals surface area contributed by atoms with Crippen molar-refractivity contribution in [2.75, 3.05) is 17.2 Å². The molecule has 7 heteroatoms. The second-order valence-electron chi connectivity index (χ2n) is 6.83. The first-order valence-corrected chi connectivity index (χ1v) is 9.21. The summed E-state index contributed by atoms with van der Waals surface area (Å²) in [7, 11) is 0. The average Bonchev–Trinajstić information content (AvgIpc) is 2.72. The Labute approximate surface area is 163 Å². The van der Waals surface area contributed by atoms with Gasteiger partial charge in [0.15, 0.2) is 0 Å². The highest BCUT2D eigenvalue weighted by molar-refractivity contribution is 5.61. The van der Waals surface area contributed by atoms with Crippen LogP contribution in [0.1, 0.15) is 19.4 Å². The number of aliphatic hydroxyl groups excluding tert-OH is 1. The Morgan fingerprint density at radius 1 is 1.04 bits per heavy atom. The van der Waals surface area contributed by atoms with Gasteiger partial charge in [-0.15, -0.1) is 0 Å². The largest absolute Gasteiger partial charge is 0.394 e. The van der Waals surface area contributed by atoms with E-state index in [4.69, 9.17) is 0 Å². The first kappa shape index (κ1) is 19.7. The Balaban J connectivity index is 1.87. The molecular weight excluding hydrogens is 357 g/mol. The smallest absolute Gasteiger partial charge is 0.225 e. The van der Waals surface area contributed by atoms with Gasteiger partial charge in [0.2, 0.25) is 5.95 Å². The van der Waals surface area contributed by atoms with E-state index in [-0.39, 0.29) is 24.4 Å². The molecule has 0 aliphatic heterocycles. The van der Waals surface area contributed by atoms with Crippen molar-refractivity contribution >= 4 is 11.8 Å². The van der Waals surface area contributed by atoms with Gasteiger partial charge in [-0.05, 0) is 35.7 Å². The van der Waals surface area contributed by atoms with Crippen molar-refractivity contribution in [2.45, 2.75) is 26.4 Å². The van der Waals surface area contributed by atoms with Gasteiger partial charge in [-0.2, -0.15) is 4.98 Å². The summed E-state index contributed by atoms with van der Waals surface area (Å²) in [5.41, 5.74) is 2.33. The molecule has 2 heterocycles. The number of nitrogens with one attached hydrogen (secondary N) is 2. The van der Waals surface area contributed by atoms with Crippen LogP contribution in [0.3, 0.4) is 0 Å². The standard InChI is InChI=1S/C21H24FN5O/c1-14(2)19(13-28)26-21-25-18(17-5-3-4-10-23-17)11-20(27-21)24-12-15-6-8-16(22)9-7-15/h3-11,14,19,28H,12-13H2,1-2H3,(H2,24,25,26,27)/t19-/m0/s1. The van der Waals surface area contributed by atoms with E-state index in [2.05, 4.69) is 25.6 Å². The molecule has 3 aromatic rings. The molecule has 0 aliphatic rings. The van der Waals surface area contributed by atoms with Crippen molar-refractivity contribution in [1.29, 1.82) is 0 Å². The van der Waals surface area contributed by atoms with Crippen LogP contribution in [0.15, 0.2) is 54.7 Å². The van der Waals surface area contributed by atoms with E-state index in [0.717, 1.165) is 11.3 Å². The summed E-state index contributed by atoms with van der Waals surface area (Å²) in [4.78, 5) is 13.4. The van der Waals surface area contributed by atoms with Crippen LogP contribution < -0.4 is 10.6 Å². The summed E-state index contributed by atoms with van der Waals surface area (Å²) in [5, 5.41) is 16.1. The lowest BCUT2D eigenvalue weighted by atomic mass is 10.1. The van der Waals surface area contributed by atoms with E-state index >= 15 is 0 Å². The number of nitrogens with zero attached hydrogens (tertiary/aromatic N) is 3. The molecule has 0 aliphatic carbocycles. The lowest BCUT2D eigenvalue weighted by Crippen LogP contribution is -2.30. The molecule has 1 atom stereocenters. The molecule has 28 heavy (non-hydrogen) atoms. The molecule has 1 aromatic carbocycles. The number of benzene rings is 1. The molecule has 0 radical (unpaired) electrons. The number of pyridine rings is 1. The van der Waals surface area contributed by atoms with E-state index < -0.39 is 0 Å². The first-order chi connectivity index (χ1) is 13.5. The van der Waals surface area contributed by atoms with Crippen molar-refractivity contribution < 1.29 is 9.50 Å². The topological polar surface area (TPSA) is 83.0 Å². The van der Waals surface area contributed by atoms with Crippen LogP contribution in [0.25, 0.3) is 11.4 Å². The van der Waals surface area contributed by atoms with E-state index in [1.54, 1.807) is 18.3 Å². The minimum Gasteiger partial charge on any atom is -0.394 e. The molecule has 146 valence electrons. The quantitative estimate of drug-likeness (QED) is 0.552. The molecular formula is C21H24FN5O. The molecule has 0 spiro atoms. The predicted octanol–water partition coefficient (Wildman–Crippen LogP) is 3.72. The molecule has 0 saturated carbocycles. The highest BCUT2D eigenvalue weighted by atomic mass is 19.1. The highest BCUT2D eigenvalue weighted by Crippen LogP contribution is 2.21. The fourth-order valence-electron chi connectivity index (χ4n) is 2.63. The average molecular weight is 381 g/mol. The molecule has 0 unspecified atom stereocenters. The maximum atomic E-state index is 13.1. The van der Waals surface area contributed by atoms with Gasteiger partial charge in [-0.25, -0.2) is 9.37 Å². The zero-order chi connectivity index (χ0) is 19.9. The van der Waals surface area contributed by atoms with Crippen LogP contribution in [0.2, 0.25) is 0 Å². The van der Waals surface area contributed by atoms with Crippen LogP contribution >= 0.6 is 0 Å². The van der Waals surface area contributed by atoms with Gasteiger partial charge in [-0.3, -0.25) is 4.98 Å². The minimum atomic E-state index is -0.265. The summed E-state index contributed by atoms with van der Waals surface area (Å²) in [6, 6.07) is 13.6. The third kappa shape index (κ3) is 5.23. The molecule has 6 nitrogen and oxygen atoms in total. The lowest BCUT2D eigenvalue weighted by Gasteiger charge is -2.20. The number of anilines is 2. The fourth-order valence-corrected chi connectivity index (χ4v) is 2.63. The summed E-state index contributed by atoms with van der Waals surface area (Å²) in [6.07, 6.45) is 1.71. The van der Waals surface area contributed by atoms with Crippen molar-refractivity contribution in [3.8, 4) is 11.4 Å². The van der Waals surface area contributed by atoms with E-state index in [1.165, 1.54) is 12.1 Å². The highest BCUT2D eigenvalue weighted by Gasteiger charge is 2.15. The summed E-state index contributed by atoms with van der Waals surface area (Å²) in [5.74, 6) is 0.974. The first-order valence-electron chi connectivity index (χ1n) is 9.21. The third-order valence-corrected chi connectivity index (χ3v) is 4.36. The SMILES string of the molecule is CC(C)[C@H](CO)Nc1nc(NCc2ccc(F)cc2)cc(-c2ccccn2)n1. The van der Waals surface area contributed by atoms with Gasteiger partial charge < -0.3 is 15.7 Å². The Bertz CT molecular complexity index is 887. The molecule has 0 bridgehead atoms. The zero-order valence-corrected chi connectivity index (χ0v) is 15.9. The second kappa shape index (κ2) is 9.23. The molecule has 0 saturated heterocycles. The molecule has 0 fully saturated rings. The van der Waals surface area contributed by atoms with Crippen LogP contribution in [-0.4, -0.2) is 32.7 Å². The number of aromatic nitrogens is 3. The summed E-state index contributed by atoms with van der Waals surface area (Å²) in [6.45, 7) is 4.51. The van der Waals surface area contributed by atoms with Crippen molar-refractivity contribution in [1.82, 2.24) is 15.0 Å². The van der Waals surface area contributed by atoms with Crippen LogP contribution in [0.4, 0.5) is 16.2 Å². The maximum absolute atomic E-state index is 13.1. The Morgan fingerprint density at radius 3 is 2.46 bits per heavy atom. The van der Waals surface area contributed by atoms with Gasteiger partial charge in [0.1, 0.15) is 11.6 Å². The van der Waals surface area contributed by atoms with Crippen molar-refractivity contribution in [3.63, 3.8) is 0 Å². The Morgan fingerprint density at radius 2 is 1.82 bits per heavy atom. The number of aliphatic hydroxyl groups is 1. The van der Waals surface area contributed by atoms with Gasteiger partial charge in [-0.1, -0.05) is 32.0 Å². The van der Waals surface area contributed by atoms with Crippen LogP contribution in [0, 0.1) is 11.7 Å². The number of hydrogen-bond acceptors (Lipinski definition) is 6. The monoisotopic (exact) mass is 381 g/mol. The Hall–Kier alpha value is -3.06. The number of rotatable bonds is 8. The summed E-state index contributed by atoms with van der Waals surface area (Å²) < 4.78 is 13.1. The van der Waals surface area contributed by atoms with Crippen LogP contribution in [-0.2, 0) is 6.54 Å². The zero-order valence-electron chi connectivity index (χ0n) is 15.9. The Kier molecular flexibility index (Phi) is 6.49. The minimum absolute atomic E-state index is 0.0207. The summed E-state index contributed by atoms with van der Waals surface area (Å²) >= 11 is 0. The van der Waals surface area contributed by atoms with Gasteiger partial charge >= 0.3 is 0 Å². The van der Waals surface area contributed by atoms with Crippen molar-refractivity contribution in [3.05, 3.63) is 66.1 Å². The van der Waals surface area contributed by atoms with Crippen molar-refractivity contribution in [2.24, 2.45) is 5.92 Å². The van der Waals surface area contributed by atoms with Gasteiger partial charge in [0.05, 0.1) is 24.0 Å². The van der Waals surface area contributed by atoms with E-state index in [1.807, 2.05) is 38.1 Å². The number of hydrogen-bond donors (Lipinski definition) is 3. The van der Waals surface area contributed by atoms with E-state index in [0.29, 0.717) is 24.0 Å². The molecule has 2 aromatic heterocycles. The fraction of sp³-hybridized carbons (Fsp3) is 0.286. The van der Waals surface area contributed by atoms with Gasteiger partial charge in [0.25, 0.3) is 0 Å². The van der Waals surface area contributed by atoms with Crippen LogP contribution in [0.5, 0.6) is 0 Å². The molecule has 3 rings (SSSR count). The second-order valence-corrected chi connectivity index (χ2v) is 6.83. The maximum Gasteiger partial charge on any atom is 0.225 e. The lowest BCUT2D eigenvalue weighted by molar-refractivity contribution is 0.248. The van der Waals surface area contributed by atoms with Gasteiger partial charge in [0, 0.05) is 18.8 Å². The number of halogens is 1.